The Hall–Kier alpha value is -1.52. The Balaban J connectivity index is 0. The lowest BCUT2D eigenvalue weighted by Crippen LogP contribution is -1.97. The highest BCUT2D eigenvalue weighted by Gasteiger charge is 1.89. The molecule has 0 aromatic heterocycles. The molecule has 0 atom stereocenters. The number of aryl methyl sites for hydroxylation is 1. The van der Waals surface area contributed by atoms with Crippen LogP contribution >= 0.6 is 0 Å². The summed E-state index contributed by atoms with van der Waals surface area (Å²) in [6, 6.07) is 7.65. The van der Waals surface area contributed by atoms with Crippen LogP contribution in [0, 0.1) is 0 Å². The molecule has 0 aliphatic heterocycles. The van der Waals surface area contributed by atoms with Gasteiger partial charge in [-0.3, -0.25) is 4.79 Å². The van der Waals surface area contributed by atoms with Gasteiger partial charge in [-0.1, -0.05) is 25.1 Å². The number of aldehydes is 2. The maximum Gasteiger partial charge on any atom is 0.150 e. The van der Waals surface area contributed by atoms with Crippen molar-refractivity contribution in [1.82, 2.24) is 0 Å². The summed E-state index contributed by atoms with van der Waals surface area (Å²) in [6.45, 7) is 2.21. The van der Waals surface area contributed by atoms with Crippen molar-refractivity contribution in [3.63, 3.8) is 0 Å². The van der Waals surface area contributed by atoms with Crippen molar-refractivity contribution in [3.8, 4) is 0 Å². The van der Waals surface area contributed by atoms with E-state index in [-0.39, 0.29) is 6.54 Å². The number of methoxy groups -OCH3 is 1. The van der Waals surface area contributed by atoms with Crippen LogP contribution in [0.2, 0.25) is 0 Å². The fraction of sp³-hybridized carbons (Fsp3) is 0.385. The Bertz CT molecular complexity index is 300. The van der Waals surface area contributed by atoms with Gasteiger partial charge in [-0.2, -0.15) is 0 Å². The molecule has 0 spiro atoms. The molecule has 0 aliphatic carbocycles. The highest BCUT2D eigenvalue weighted by Crippen LogP contribution is 2.02. The van der Waals surface area contributed by atoms with Gasteiger partial charge in [0.1, 0.15) is 12.6 Å². The molecule has 0 fully saturated rings. The third kappa shape index (κ3) is 12.4. The molecule has 0 saturated carbocycles. The van der Waals surface area contributed by atoms with Gasteiger partial charge in [0.25, 0.3) is 0 Å². The largest absolute Gasteiger partial charge is 0.388 e. The van der Waals surface area contributed by atoms with Crippen molar-refractivity contribution in [2.45, 2.75) is 13.3 Å². The van der Waals surface area contributed by atoms with E-state index in [4.69, 9.17) is 4.79 Å². The summed E-state index contributed by atoms with van der Waals surface area (Å²) < 4.78 is 4.25. The molecular weight excluding hydrogens is 218 g/mol. The summed E-state index contributed by atoms with van der Waals surface area (Å²) in [5.74, 6) is 0. The summed E-state index contributed by atoms with van der Waals surface area (Å²) in [6.07, 6.45) is 2.51. The van der Waals surface area contributed by atoms with Crippen molar-refractivity contribution in [2.24, 2.45) is 5.73 Å². The average Bonchev–Trinajstić information content (AvgIpc) is 2.40. The second-order valence-electron chi connectivity index (χ2n) is 3.03. The van der Waals surface area contributed by atoms with Gasteiger partial charge in [0.2, 0.25) is 0 Å². The van der Waals surface area contributed by atoms with Crippen LogP contribution in [0.15, 0.2) is 24.3 Å². The standard InChI is InChI=1S/C9H10O.C2H5NO.C2H6O/c1-2-8-4-3-5-9(6-8)7-10;3-1-2-4;1-3-2/h3-7H,2H2,1H3;2H,1,3H2;1-2H3. The van der Waals surface area contributed by atoms with E-state index < -0.39 is 0 Å². The summed E-state index contributed by atoms with van der Waals surface area (Å²) >= 11 is 0. The quantitative estimate of drug-likeness (QED) is 0.811. The van der Waals surface area contributed by atoms with Crippen LogP contribution in [-0.4, -0.2) is 33.3 Å². The molecule has 17 heavy (non-hydrogen) atoms. The zero-order valence-electron chi connectivity index (χ0n) is 10.7. The fourth-order valence-corrected chi connectivity index (χ4v) is 0.886. The van der Waals surface area contributed by atoms with E-state index >= 15 is 0 Å². The summed E-state index contributed by atoms with van der Waals surface area (Å²) in [5, 5.41) is 0. The molecule has 2 N–H and O–H groups in total. The fourth-order valence-electron chi connectivity index (χ4n) is 0.886. The number of carbonyl (C=O) groups is 2. The normalized spacial score (nSPS) is 8.00. The summed E-state index contributed by atoms with van der Waals surface area (Å²) in [7, 11) is 3.25. The molecule has 0 radical (unpaired) electrons. The third-order valence-electron chi connectivity index (χ3n) is 1.59. The molecule has 0 heterocycles. The zero-order valence-corrected chi connectivity index (χ0v) is 10.7. The lowest BCUT2D eigenvalue weighted by Gasteiger charge is -1.94. The van der Waals surface area contributed by atoms with Gasteiger partial charge in [-0.25, -0.2) is 0 Å². The number of hydrogen-bond donors (Lipinski definition) is 1. The first-order valence-corrected chi connectivity index (χ1v) is 5.28. The molecule has 0 saturated heterocycles. The molecule has 1 aromatic rings. The van der Waals surface area contributed by atoms with Crippen molar-refractivity contribution < 1.29 is 14.3 Å². The zero-order chi connectivity index (χ0) is 13.5. The predicted molar refractivity (Wildman–Crippen MR) is 69.3 cm³/mol. The lowest BCUT2D eigenvalue weighted by molar-refractivity contribution is -0.106. The van der Waals surface area contributed by atoms with Gasteiger partial charge in [0.05, 0.1) is 0 Å². The number of rotatable bonds is 3. The van der Waals surface area contributed by atoms with Crippen LogP contribution in [0.25, 0.3) is 0 Å². The first-order valence-electron chi connectivity index (χ1n) is 5.28. The van der Waals surface area contributed by atoms with Crippen molar-refractivity contribution in [3.05, 3.63) is 35.4 Å². The Labute approximate surface area is 103 Å². The number of benzene rings is 1. The second-order valence-corrected chi connectivity index (χ2v) is 3.03. The highest BCUT2D eigenvalue weighted by atomic mass is 16.4. The Kier molecular flexibility index (Phi) is 15.2. The van der Waals surface area contributed by atoms with Gasteiger partial charge in [0.15, 0.2) is 0 Å². The van der Waals surface area contributed by atoms with Crippen LogP contribution in [0.3, 0.4) is 0 Å². The van der Waals surface area contributed by atoms with Gasteiger partial charge in [0, 0.05) is 26.3 Å². The minimum atomic E-state index is 0.139. The predicted octanol–water partition coefficient (Wildman–Crippen LogP) is 1.47. The Morgan fingerprint density at radius 3 is 2.18 bits per heavy atom. The molecule has 0 bridgehead atoms. The minimum Gasteiger partial charge on any atom is -0.388 e. The molecule has 0 unspecified atom stereocenters. The van der Waals surface area contributed by atoms with Crippen LogP contribution in [0.4, 0.5) is 0 Å². The molecule has 0 aliphatic rings. The summed E-state index contributed by atoms with van der Waals surface area (Å²) in [4.78, 5) is 19.3. The molecule has 1 rings (SSSR count). The van der Waals surface area contributed by atoms with Crippen molar-refractivity contribution in [2.75, 3.05) is 20.8 Å². The molecular formula is C13H21NO3. The van der Waals surface area contributed by atoms with Gasteiger partial charge in [-0.05, 0) is 18.1 Å². The van der Waals surface area contributed by atoms with E-state index in [9.17, 15) is 4.79 Å². The molecule has 4 nitrogen and oxygen atoms in total. The van der Waals surface area contributed by atoms with E-state index in [0.29, 0.717) is 6.29 Å². The van der Waals surface area contributed by atoms with E-state index in [1.165, 1.54) is 5.56 Å². The Morgan fingerprint density at radius 2 is 1.82 bits per heavy atom. The number of carbonyl (C=O) groups excluding carboxylic acids is 2. The van der Waals surface area contributed by atoms with Gasteiger partial charge in [-0.15, -0.1) is 0 Å². The average molecular weight is 239 g/mol. The van der Waals surface area contributed by atoms with E-state index in [2.05, 4.69) is 17.4 Å². The van der Waals surface area contributed by atoms with Gasteiger partial charge >= 0.3 is 0 Å². The maximum absolute atomic E-state index is 10.3. The first-order chi connectivity index (χ1) is 8.19. The van der Waals surface area contributed by atoms with E-state index in [1.54, 1.807) is 14.2 Å². The SMILES string of the molecule is CCc1cccc(C=O)c1.COC.NCC=O. The Morgan fingerprint density at radius 1 is 1.29 bits per heavy atom. The van der Waals surface area contributed by atoms with Crippen LogP contribution in [0.1, 0.15) is 22.8 Å². The van der Waals surface area contributed by atoms with Crippen LogP contribution in [0.5, 0.6) is 0 Å². The monoisotopic (exact) mass is 239 g/mol. The number of ether oxygens (including phenoxy) is 1. The second kappa shape index (κ2) is 14.5. The van der Waals surface area contributed by atoms with Crippen molar-refractivity contribution in [1.29, 1.82) is 0 Å². The molecule has 96 valence electrons. The van der Waals surface area contributed by atoms with Crippen molar-refractivity contribution >= 4 is 12.6 Å². The topological polar surface area (TPSA) is 69.4 Å². The maximum atomic E-state index is 10.3. The van der Waals surface area contributed by atoms with Gasteiger partial charge < -0.3 is 15.3 Å². The smallest absolute Gasteiger partial charge is 0.150 e. The molecule has 0 amide bonds. The first kappa shape index (κ1) is 17.9. The van der Waals surface area contributed by atoms with Crippen LogP contribution < -0.4 is 5.73 Å². The lowest BCUT2D eigenvalue weighted by atomic mass is 10.1. The number of hydrogen-bond acceptors (Lipinski definition) is 4. The highest BCUT2D eigenvalue weighted by molar-refractivity contribution is 5.74. The van der Waals surface area contributed by atoms with Crippen LogP contribution in [-0.2, 0) is 16.0 Å². The minimum absolute atomic E-state index is 0.139. The van der Waals surface area contributed by atoms with E-state index in [1.807, 2.05) is 24.3 Å². The molecule has 1 aromatic carbocycles. The third-order valence-corrected chi connectivity index (χ3v) is 1.59. The summed E-state index contributed by atoms with van der Waals surface area (Å²) in [5.41, 5.74) is 6.64. The van der Waals surface area contributed by atoms with E-state index in [0.717, 1.165) is 18.3 Å². The number of nitrogens with two attached hydrogens (primary N) is 1. The molecule has 4 heteroatoms.